The van der Waals surface area contributed by atoms with E-state index in [2.05, 4.69) is 0 Å². The molecular weight excluding hydrogens is 368 g/mol. The van der Waals surface area contributed by atoms with Crippen LogP contribution in [0.1, 0.15) is 35.8 Å². The highest BCUT2D eigenvalue weighted by Crippen LogP contribution is 2.20. The Bertz CT molecular complexity index is 732. The van der Waals surface area contributed by atoms with Crippen LogP contribution in [-0.2, 0) is 19.2 Å². The van der Waals surface area contributed by atoms with Gasteiger partial charge in [0.2, 0.25) is 0 Å². The summed E-state index contributed by atoms with van der Waals surface area (Å²) in [6, 6.07) is 16.7. The lowest BCUT2D eigenvalue weighted by Crippen LogP contribution is -2.15. The smallest absolute Gasteiger partial charge is 0.311 e. The van der Waals surface area contributed by atoms with Crippen molar-refractivity contribution in [3.63, 3.8) is 0 Å². The van der Waals surface area contributed by atoms with Crippen LogP contribution in [0.15, 0.2) is 60.7 Å². The van der Waals surface area contributed by atoms with Gasteiger partial charge in [-0.25, -0.2) is 0 Å². The number of aliphatic carboxylic acids is 4. The summed E-state index contributed by atoms with van der Waals surface area (Å²) >= 11 is 0. The zero-order valence-electron chi connectivity index (χ0n) is 14.8. The number of rotatable bonds is 8. The normalized spacial score (nSPS) is 12.0. The molecule has 0 bridgehead atoms. The fraction of sp³-hybridized carbons (Fsp3) is 0.200. The van der Waals surface area contributed by atoms with E-state index in [1.54, 1.807) is 60.7 Å². The molecule has 2 atom stereocenters. The van der Waals surface area contributed by atoms with E-state index < -0.39 is 35.7 Å². The molecule has 2 rings (SSSR count). The Balaban J connectivity index is 0.000000280. The summed E-state index contributed by atoms with van der Waals surface area (Å²) in [6.45, 7) is 0. The fourth-order valence-corrected chi connectivity index (χ4v) is 2.42. The maximum atomic E-state index is 10.8. The lowest BCUT2D eigenvalue weighted by Gasteiger charge is -2.09. The molecule has 148 valence electrons. The van der Waals surface area contributed by atoms with Gasteiger partial charge in [-0.2, -0.15) is 0 Å². The zero-order chi connectivity index (χ0) is 21.1. The predicted molar refractivity (Wildman–Crippen MR) is 98.1 cm³/mol. The Morgan fingerprint density at radius 3 is 1.07 bits per heavy atom. The molecule has 0 aliphatic heterocycles. The zero-order valence-corrected chi connectivity index (χ0v) is 14.8. The average molecular weight is 388 g/mol. The molecule has 0 aliphatic carbocycles. The molecule has 0 saturated heterocycles. The second-order valence-electron chi connectivity index (χ2n) is 5.80. The van der Waals surface area contributed by atoms with Crippen LogP contribution in [0, 0.1) is 0 Å². The van der Waals surface area contributed by atoms with E-state index in [4.69, 9.17) is 20.4 Å². The first-order valence-electron chi connectivity index (χ1n) is 8.21. The Labute approximate surface area is 160 Å². The summed E-state index contributed by atoms with van der Waals surface area (Å²) in [5.74, 6) is -6.37. The predicted octanol–water partition coefficient (Wildman–Crippen LogP) is 2.66. The first-order valence-corrected chi connectivity index (χ1v) is 8.21. The van der Waals surface area contributed by atoms with E-state index in [0.717, 1.165) is 0 Å². The first kappa shape index (κ1) is 22.4. The molecule has 0 unspecified atom stereocenters. The number of carboxylic acid groups (broad SMARTS) is 4. The summed E-state index contributed by atoms with van der Waals surface area (Å²) in [5, 5.41) is 34.7. The molecule has 0 radical (unpaired) electrons. The maximum Gasteiger partial charge on any atom is 0.311 e. The monoisotopic (exact) mass is 388 g/mol. The number of carboxylic acids is 4. The van der Waals surface area contributed by atoms with Crippen molar-refractivity contribution < 1.29 is 39.6 Å². The van der Waals surface area contributed by atoms with E-state index in [0.29, 0.717) is 11.1 Å². The second-order valence-corrected chi connectivity index (χ2v) is 5.80. The van der Waals surface area contributed by atoms with Gasteiger partial charge in [-0.3, -0.25) is 19.2 Å². The highest BCUT2D eigenvalue weighted by atomic mass is 16.4. The molecule has 28 heavy (non-hydrogen) atoms. The van der Waals surface area contributed by atoms with Crippen molar-refractivity contribution in [2.75, 3.05) is 0 Å². The van der Waals surface area contributed by atoms with Crippen molar-refractivity contribution in [3.8, 4) is 0 Å². The third kappa shape index (κ3) is 7.69. The molecule has 8 heteroatoms. The molecule has 4 N–H and O–H groups in total. The average Bonchev–Trinajstić information content (AvgIpc) is 2.65. The van der Waals surface area contributed by atoms with Crippen LogP contribution in [0.25, 0.3) is 0 Å². The Hall–Kier alpha value is -3.68. The minimum atomic E-state index is -1.11. The number of carbonyl (C=O) groups is 4. The van der Waals surface area contributed by atoms with E-state index in [1.807, 2.05) is 0 Å². The fourth-order valence-electron chi connectivity index (χ4n) is 2.42. The second kappa shape index (κ2) is 11.1. The van der Waals surface area contributed by atoms with Crippen molar-refractivity contribution in [2.24, 2.45) is 0 Å². The van der Waals surface area contributed by atoms with Gasteiger partial charge >= 0.3 is 23.9 Å². The lowest BCUT2D eigenvalue weighted by molar-refractivity contribution is -0.145. The van der Waals surface area contributed by atoms with Gasteiger partial charge in [0.15, 0.2) is 0 Å². The van der Waals surface area contributed by atoms with Crippen LogP contribution < -0.4 is 0 Å². The minimum absolute atomic E-state index is 0.390. The number of benzene rings is 2. The van der Waals surface area contributed by atoms with Crippen molar-refractivity contribution in [3.05, 3.63) is 71.8 Å². The Kier molecular flexibility index (Phi) is 8.88. The number of hydrogen-bond donors (Lipinski definition) is 4. The largest absolute Gasteiger partial charge is 0.481 e. The molecule has 0 fully saturated rings. The van der Waals surface area contributed by atoms with E-state index in [1.165, 1.54) is 0 Å². The van der Waals surface area contributed by atoms with Crippen molar-refractivity contribution in [1.29, 1.82) is 0 Å². The quantitative estimate of drug-likeness (QED) is 0.539. The summed E-state index contributed by atoms with van der Waals surface area (Å²) in [5.41, 5.74) is 1.03. The van der Waals surface area contributed by atoms with E-state index >= 15 is 0 Å². The van der Waals surface area contributed by atoms with Crippen LogP contribution in [-0.4, -0.2) is 44.3 Å². The number of hydrogen-bond acceptors (Lipinski definition) is 4. The van der Waals surface area contributed by atoms with Crippen LogP contribution in [0.4, 0.5) is 0 Å². The van der Waals surface area contributed by atoms with Gasteiger partial charge in [0.25, 0.3) is 0 Å². The van der Waals surface area contributed by atoms with Crippen molar-refractivity contribution >= 4 is 23.9 Å². The first-order chi connectivity index (χ1) is 13.2. The highest BCUT2D eigenvalue weighted by Gasteiger charge is 2.23. The van der Waals surface area contributed by atoms with E-state index in [9.17, 15) is 19.2 Å². The van der Waals surface area contributed by atoms with Crippen molar-refractivity contribution in [2.45, 2.75) is 24.7 Å². The third-order valence-corrected chi connectivity index (χ3v) is 3.76. The molecule has 0 amide bonds. The van der Waals surface area contributed by atoms with Crippen LogP contribution in [0.2, 0.25) is 0 Å². The van der Waals surface area contributed by atoms with Gasteiger partial charge in [0.1, 0.15) is 0 Å². The molecular formula is C20H20O8. The molecule has 0 aromatic heterocycles. The topological polar surface area (TPSA) is 149 Å². The summed E-state index contributed by atoms with van der Waals surface area (Å²) in [4.78, 5) is 42.4. The van der Waals surface area contributed by atoms with Gasteiger partial charge < -0.3 is 20.4 Å². The molecule has 0 saturated carbocycles. The van der Waals surface area contributed by atoms with Gasteiger partial charge in [0, 0.05) is 0 Å². The van der Waals surface area contributed by atoms with Gasteiger partial charge in [-0.15, -0.1) is 0 Å². The summed E-state index contributed by atoms with van der Waals surface area (Å²) in [6.07, 6.45) is -0.779. The van der Waals surface area contributed by atoms with Gasteiger partial charge in [-0.05, 0) is 11.1 Å². The standard InChI is InChI=1S/2C10H10O4/c2*11-9(12)6-8(10(13)14)7-4-2-1-3-5-7/h2*1-5,8H,6H2,(H,11,12)(H,13,14)/t2*8-/m00/s1. The molecule has 2 aromatic carbocycles. The van der Waals surface area contributed by atoms with Gasteiger partial charge in [-0.1, -0.05) is 60.7 Å². The van der Waals surface area contributed by atoms with Crippen LogP contribution in [0.5, 0.6) is 0 Å². The lowest BCUT2D eigenvalue weighted by atomic mass is 9.96. The molecule has 2 aromatic rings. The minimum Gasteiger partial charge on any atom is -0.481 e. The highest BCUT2D eigenvalue weighted by molar-refractivity contribution is 5.83. The SMILES string of the molecule is O=C(O)C[C@H](C(=O)O)c1ccccc1.O=C(O)C[C@H](C(=O)O)c1ccccc1. The Morgan fingerprint density at radius 2 is 0.857 bits per heavy atom. The summed E-state index contributed by atoms with van der Waals surface area (Å²) < 4.78 is 0. The van der Waals surface area contributed by atoms with Crippen molar-refractivity contribution in [1.82, 2.24) is 0 Å². The van der Waals surface area contributed by atoms with Crippen LogP contribution in [0.3, 0.4) is 0 Å². The molecule has 8 nitrogen and oxygen atoms in total. The molecule has 0 heterocycles. The van der Waals surface area contributed by atoms with Gasteiger partial charge in [0.05, 0.1) is 24.7 Å². The Morgan fingerprint density at radius 1 is 0.571 bits per heavy atom. The van der Waals surface area contributed by atoms with Crippen LogP contribution >= 0.6 is 0 Å². The summed E-state index contributed by atoms with van der Waals surface area (Å²) in [7, 11) is 0. The van der Waals surface area contributed by atoms with E-state index in [-0.39, 0.29) is 12.8 Å². The third-order valence-electron chi connectivity index (χ3n) is 3.76. The molecule has 0 aliphatic rings. The maximum absolute atomic E-state index is 10.8. The molecule has 0 spiro atoms.